The fraction of sp³-hybridized carbons (Fsp3) is 1.00. The molecule has 1 N–H and O–H groups in total. The van der Waals surface area contributed by atoms with Crippen molar-refractivity contribution in [1.29, 1.82) is 0 Å². The van der Waals surface area contributed by atoms with Crippen LogP contribution in [0.2, 0.25) is 0 Å². The van der Waals surface area contributed by atoms with Gasteiger partial charge in [0.05, 0.1) is 5.75 Å². The van der Waals surface area contributed by atoms with E-state index in [2.05, 4.69) is 20.7 Å². The van der Waals surface area contributed by atoms with Gasteiger partial charge >= 0.3 is 0 Å². The first-order valence-corrected chi connectivity index (χ1v) is 8.03. The molecule has 1 unspecified atom stereocenters. The molecule has 0 aliphatic carbocycles. The summed E-state index contributed by atoms with van der Waals surface area (Å²) in [4.78, 5) is 0. The van der Waals surface area contributed by atoms with Crippen molar-refractivity contribution in [2.45, 2.75) is 46.6 Å². The van der Waals surface area contributed by atoms with E-state index in [1.165, 1.54) is 0 Å². The van der Waals surface area contributed by atoms with Gasteiger partial charge in [-0.2, -0.15) is 0 Å². The van der Waals surface area contributed by atoms with Crippen molar-refractivity contribution in [3.63, 3.8) is 0 Å². The molecule has 0 bridgehead atoms. The van der Waals surface area contributed by atoms with Crippen molar-refractivity contribution in [3.8, 4) is 0 Å². The van der Waals surface area contributed by atoms with Gasteiger partial charge in [0.15, 0.2) is 0 Å². The lowest BCUT2D eigenvalue weighted by Crippen LogP contribution is -2.39. The number of nitrogens with one attached hydrogen (secondary N) is 1. The zero-order chi connectivity index (χ0) is 12.1. The molecule has 15 heavy (non-hydrogen) atoms. The van der Waals surface area contributed by atoms with Crippen LogP contribution < -0.4 is 4.72 Å². The first kappa shape index (κ1) is 15.4. The first-order valence-electron chi connectivity index (χ1n) is 5.26. The molecule has 0 saturated heterocycles. The Hall–Kier alpha value is 0.390. The Balaban J connectivity index is 4.36. The molecule has 0 aromatic carbocycles. The zero-order valence-corrected chi connectivity index (χ0v) is 12.4. The third-order valence-corrected chi connectivity index (χ3v) is 4.32. The van der Waals surface area contributed by atoms with Crippen LogP contribution in [-0.4, -0.2) is 25.5 Å². The highest BCUT2D eigenvalue weighted by molar-refractivity contribution is 9.09. The lowest BCUT2D eigenvalue weighted by Gasteiger charge is -2.21. The Morgan fingerprint density at radius 3 is 2.20 bits per heavy atom. The highest BCUT2D eigenvalue weighted by Gasteiger charge is 2.23. The van der Waals surface area contributed by atoms with Crippen molar-refractivity contribution in [2.75, 3.05) is 11.1 Å². The topological polar surface area (TPSA) is 46.2 Å². The van der Waals surface area contributed by atoms with E-state index in [0.29, 0.717) is 0 Å². The van der Waals surface area contributed by atoms with E-state index in [9.17, 15) is 8.42 Å². The van der Waals surface area contributed by atoms with Crippen LogP contribution in [0.3, 0.4) is 0 Å². The Labute approximate surface area is 102 Å². The molecule has 3 nitrogen and oxygen atoms in total. The van der Waals surface area contributed by atoms with Gasteiger partial charge in [0.25, 0.3) is 0 Å². The maximum Gasteiger partial charge on any atom is 0.212 e. The van der Waals surface area contributed by atoms with Crippen molar-refractivity contribution < 1.29 is 8.42 Å². The van der Waals surface area contributed by atoms with Crippen molar-refractivity contribution in [2.24, 2.45) is 5.41 Å². The van der Waals surface area contributed by atoms with Gasteiger partial charge in [-0.15, -0.1) is 0 Å². The second-order valence-electron chi connectivity index (χ2n) is 5.02. The molecule has 0 spiro atoms. The van der Waals surface area contributed by atoms with Gasteiger partial charge < -0.3 is 0 Å². The third kappa shape index (κ3) is 8.22. The summed E-state index contributed by atoms with van der Waals surface area (Å²) in [6.07, 6.45) is 1.66. The fourth-order valence-corrected chi connectivity index (χ4v) is 3.91. The first-order chi connectivity index (χ1) is 6.70. The molecule has 0 radical (unpaired) electrons. The number of halogens is 1. The molecule has 0 aliphatic rings. The number of hydrogen-bond donors (Lipinski definition) is 1. The van der Waals surface area contributed by atoms with E-state index in [1.807, 2.05) is 27.7 Å². The SMILES string of the molecule is CCC(CCBr)NS(=O)(=O)CC(C)(C)C. The molecular weight excluding hydrogens is 278 g/mol. The molecule has 92 valence electrons. The molecule has 0 rings (SSSR count). The number of hydrogen-bond acceptors (Lipinski definition) is 2. The number of alkyl halides is 1. The van der Waals surface area contributed by atoms with Gasteiger partial charge in [-0.1, -0.05) is 43.6 Å². The fourth-order valence-electron chi connectivity index (χ4n) is 1.34. The highest BCUT2D eigenvalue weighted by atomic mass is 79.9. The van der Waals surface area contributed by atoms with Crippen LogP contribution in [0.15, 0.2) is 0 Å². The largest absolute Gasteiger partial charge is 0.212 e. The summed E-state index contributed by atoms with van der Waals surface area (Å²) in [5.74, 6) is 0.179. The molecular formula is C10H22BrNO2S. The molecule has 0 amide bonds. The van der Waals surface area contributed by atoms with Crippen LogP contribution in [0.5, 0.6) is 0 Å². The zero-order valence-electron chi connectivity index (χ0n) is 10.0. The molecule has 0 heterocycles. The van der Waals surface area contributed by atoms with Crippen LogP contribution in [0.4, 0.5) is 0 Å². The predicted octanol–water partition coefficient (Wildman–Crippen LogP) is 2.52. The van der Waals surface area contributed by atoms with E-state index in [-0.39, 0.29) is 17.2 Å². The summed E-state index contributed by atoms with van der Waals surface area (Å²) in [5.41, 5.74) is -0.196. The van der Waals surface area contributed by atoms with Crippen LogP contribution in [0.1, 0.15) is 40.5 Å². The molecule has 1 atom stereocenters. The Morgan fingerprint density at radius 2 is 1.87 bits per heavy atom. The minimum absolute atomic E-state index is 0.0525. The van der Waals surface area contributed by atoms with E-state index < -0.39 is 10.0 Å². The number of rotatable bonds is 6. The van der Waals surface area contributed by atoms with Gasteiger partial charge in [0.2, 0.25) is 10.0 Å². The third-order valence-electron chi connectivity index (χ3n) is 1.92. The van der Waals surface area contributed by atoms with Crippen LogP contribution in [-0.2, 0) is 10.0 Å². The second kappa shape index (κ2) is 6.21. The normalized spacial score (nSPS) is 15.3. The van der Waals surface area contributed by atoms with Crippen LogP contribution >= 0.6 is 15.9 Å². The molecule has 0 aromatic heterocycles. The van der Waals surface area contributed by atoms with E-state index in [0.717, 1.165) is 18.2 Å². The minimum atomic E-state index is -3.14. The van der Waals surface area contributed by atoms with E-state index in [4.69, 9.17) is 0 Å². The summed E-state index contributed by atoms with van der Waals surface area (Å²) in [5, 5.41) is 0.823. The molecule has 0 saturated carbocycles. The lowest BCUT2D eigenvalue weighted by molar-refractivity contribution is 0.451. The Kier molecular flexibility index (Phi) is 6.37. The molecule has 0 aliphatic heterocycles. The molecule has 0 fully saturated rings. The van der Waals surface area contributed by atoms with Crippen molar-refractivity contribution in [1.82, 2.24) is 4.72 Å². The summed E-state index contributed by atoms with van der Waals surface area (Å²) in [7, 11) is -3.14. The van der Waals surface area contributed by atoms with Gasteiger partial charge in [0, 0.05) is 11.4 Å². The highest BCUT2D eigenvalue weighted by Crippen LogP contribution is 2.16. The quantitative estimate of drug-likeness (QED) is 0.766. The van der Waals surface area contributed by atoms with Crippen LogP contribution in [0.25, 0.3) is 0 Å². The number of sulfonamides is 1. The maximum atomic E-state index is 11.8. The summed E-state index contributed by atoms with van der Waals surface area (Å²) >= 11 is 3.32. The monoisotopic (exact) mass is 299 g/mol. The predicted molar refractivity (Wildman–Crippen MR) is 68.9 cm³/mol. The molecule has 5 heteroatoms. The van der Waals surface area contributed by atoms with E-state index in [1.54, 1.807) is 0 Å². The average Bonchev–Trinajstić information content (AvgIpc) is 1.98. The standard InChI is InChI=1S/C10H22BrNO2S/c1-5-9(6-7-11)12-15(13,14)8-10(2,3)4/h9,12H,5-8H2,1-4H3. The Morgan fingerprint density at radius 1 is 1.33 bits per heavy atom. The Bertz CT molecular complexity index is 270. The smallest absolute Gasteiger partial charge is 0.212 e. The maximum absolute atomic E-state index is 11.8. The van der Waals surface area contributed by atoms with E-state index >= 15 is 0 Å². The van der Waals surface area contributed by atoms with Crippen molar-refractivity contribution in [3.05, 3.63) is 0 Å². The lowest BCUT2D eigenvalue weighted by atomic mass is 10.0. The summed E-state index contributed by atoms with van der Waals surface area (Å²) in [6, 6.07) is 0.0525. The van der Waals surface area contributed by atoms with Gasteiger partial charge in [-0.25, -0.2) is 13.1 Å². The summed E-state index contributed by atoms with van der Waals surface area (Å²) < 4.78 is 26.3. The van der Waals surface area contributed by atoms with Crippen LogP contribution in [0, 0.1) is 5.41 Å². The van der Waals surface area contributed by atoms with Gasteiger partial charge in [-0.05, 0) is 18.3 Å². The summed E-state index contributed by atoms with van der Waals surface area (Å²) in [6.45, 7) is 7.78. The average molecular weight is 300 g/mol. The van der Waals surface area contributed by atoms with Crippen molar-refractivity contribution >= 4 is 26.0 Å². The van der Waals surface area contributed by atoms with Gasteiger partial charge in [0.1, 0.15) is 0 Å². The molecule has 0 aromatic rings. The second-order valence-corrected chi connectivity index (χ2v) is 7.57. The van der Waals surface area contributed by atoms with Gasteiger partial charge in [-0.3, -0.25) is 0 Å². The minimum Gasteiger partial charge on any atom is -0.212 e.